The maximum absolute atomic E-state index is 6.06. The van der Waals surface area contributed by atoms with E-state index in [4.69, 9.17) is 4.74 Å². The molecule has 2 unspecified atom stereocenters. The largest absolute Gasteiger partial charge is 0.373 e. The van der Waals surface area contributed by atoms with E-state index in [1.54, 1.807) is 0 Å². The van der Waals surface area contributed by atoms with Crippen molar-refractivity contribution in [3.63, 3.8) is 0 Å². The van der Waals surface area contributed by atoms with Gasteiger partial charge in [-0.05, 0) is 31.5 Å². The highest BCUT2D eigenvalue weighted by Gasteiger charge is 2.32. The van der Waals surface area contributed by atoms with E-state index >= 15 is 0 Å². The predicted molar refractivity (Wildman–Crippen MR) is 106 cm³/mol. The molecule has 2 atom stereocenters. The van der Waals surface area contributed by atoms with Crippen LogP contribution in [-0.2, 0) is 4.74 Å². The van der Waals surface area contributed by atoms with E-state index in [-0.39, 0.29) is 6.10 Å². The van der Waals surface area contributed by atoms with Crippen LogP contribution in [0.4, 0.5) is 5.69 Å². The quantitative estimate of drug-likeness (QED) is 0.651. The summed E-state index contributed by atoms with van der Waals surface area (Å²) in [6.45, 7) is 8.06. The Bertz CT molecular complexity index is 599. The molecule has 3 aliphatic heterocycles. The Labute approximate surface area is 156 Å². The smallest absolute Gasteiger partial charge is 0.193 e. The first kappa shape index (κ1) is 17.6. The number of fused-ring (bicyclic) bond motifs is 1. The Morgan fingerprint density at radius 3 is 2.73 bits per heavy atom. The minimum absolute atomic E-state index is 0.270. The molecule has 0 bridgehead atoms. The molecule has 1 aromatic rings. The zero-order valence-electron chi connectivity index (χ0n) is 15.8. The average Bonchev–Trinajstić information content (AvgIpc) is 3.17. The summed E-state index contributed by atoms with van der Waals surface area (Å²) in [6.07, 6.45) is 2.89. The lowest BCUT2D eigenvalue weighted by Crippen LogP contribution is -2.55. The van der Waals surface area contributed by atoms with Crippen molar-refractivity contribution in [2.75, 3.05) is 64.4 Å². The number of hydrogen-bond acceptors (Lipinski definition) is 4. The lowest BCUT2D eigenvalue weighted by Gasteiger charge is -2.39. The number of morpholine rings is 1. The molecule has 4 rings (SSSR count). The van der Waals surface area contributed by atoms with Gasteiger partial charge in [-0.25, -0.2) is 0 Å². The van der Waals surface area contributed by atoms with Gasteiger partial charge in [-0.2, -0.15) is 0 Å². The number of piperazine rings is 1. The highest BCUT2D eigenvalue weighted by atomic mass is 16.5. The average molecular weight is 358 g/mol. The minimum Gasteiger partial charge on any atom is -0.373 e. The Hall–Kier alpha value is -1.79. The third-order valence-electron chi connectivity index (χ3n) is 5.86. The van der Waals surface area contributed by atoms with E-state index in [1.807, 2.05) is 7.05 Å². The second kappa shape index (κ2) is 8.27. The van der Waals surface area contributed by atoms with E-state index in [0.29, 0.717) is 6.04 Å². The number of hydrogen-bond donors (Lipinski definition) is 1. The first-order valence-corrected chi connectivity index (χ1v) is 9.95. The van der Waals surface area contributed by atoms with Gasteiger partial charge in [0.2, 0.25) is 0 Å². The summed E-state index contributed by atoms with van der Waals surface area (Å²) < 4.78 is 6.06. The zero-order chi connectivity index (χ0) is 17.8. The second-order valence-electron chi connectivity index (χ2n) is 7.48. The normalized spacial score (nSPS) is 27.5. The van der Waals surface area contributed by atoms with Crippen LogP contribution < -0.4 is 10.2 Å². The summed E-state index contributed by atoms with van der Waals surface area (Å²) in [5, 5.41) is 3.55. The molecule has 0 spiro atoms. The molecule has 26 heavy (non-hydrogen) atoms. The van der Waals surface area contributed by atoms with Crippen LogP contribution in [0.3, 0.4) is 0 Å². The van der Waals surface area contributed by atoms with Gasteiger partial charge >= 0.3 is 0 Å². The molecule has 3 saturated heterocycles. The van der Waals surface area contributed by atoms with Crippen LogP contribution in [0, 0.1) is 0 Å². The predicted octanol–water partition coefficient (Wildman–Crippen LogP) is 1.25. The second-order valence-corrected chi connectivity index (χ2v) is 7.48. The zero-order valence-corrected chi connectivity index (χ0v) is 15.8. The maximum atomic E-state index is 6.06. The Kier molecular flexibility index (Phi) is 5.60. The van der Waals surface area contributed by atoms with Crippen LogP contribution in [0.2, 0.25) is 0 Å². The van der Waals surface area contributed by atoms with Crippen molar-refractivity contribution in [2.24, 2.45) is 4.99 Å². The van der Waals surface area contributed by atoms with Crippen molar-refractivity contribution < 1.29 is 4.74 Å². The molecule has 0 aliphatic carbocycles. The first-order valence-electron chi connectivity index (χ1n) is 9.95. The summed E-state index contributed by atoms with van der Waals surface area (Å²) >= 11 is 0. The monoisotopic (exact) mass is 357 g/mol. The van der Waals surface area contributed by atoms with Crippen molar-refractivity contribution in [2.45, 2.75) is 25.0 Å². The maximum Gasteiger partial charge on any atom is 0.193 e. The van der Waals surface area contributed by atoms with Crippen LogP contribution in [0.5, 0.6) is 0 Å². The Morgan fingerprint density at radius 2 is 1.96 bits per heavy atom. The summed E-state index contributed by atoms with van der Waals surface area (Å²) in [5.74, 6) is 1.00. The van der Waals surface area contributed by atoms with Gasteiger partial charge in [0.25, 0.3) is 0 Å². The standard InChI is InChI=1S/C20H31N5O/c1-21-20(22-14-19-15-25-9-5-8-18(25)16-26-19)24-12-10-23(11-13-24)17-6-3-2-4-7-17/h2-4,6-7,18-19H,5,8-16H2,1H3,(H,21,22). The number of anilines is 1. The molecule has 0 aromatic heterocycles. The van der Waals surface area contributed by atoms with E-state index in [2.05, 4.69) is 55.3 Å². The van der Waals surface area contributed by atoms with Gasteiger partial charge < -0.3 is 19.9 Å². The fraction of sp³-hybridized carbons (Fsp3) is 0.650. The summed E-state index contributed by atoms with van der Waals surface area (Å²) in [5.41, 5.74) is 1.31. The van der Waals surface area contributed by atoms with Crippen LogP contribution in [0.15, 0.2) is 35.3 Å². The highest BCUT2D eigenvalue weighted by molar-refractivity contribution is 5.80. The number of nitrogens with one attached hydrogen (secondary N) is 1. The molecule has 3 aliphatic rings. The lowest BCUT2D eigenvalue weighted by molar-refractivity contribution is -0.0454. The van der Waals surface area contributed by atoms with Gasteiger partial charge in [-0.15, -0.1) is 0 Å². The van der Waals surface area contributed by atoms with Gasteiger partial charge in [-0.1, -0.05) is 18.2 Å². The van der Waals surface area contributed by atoms with Crippen LogP contribution in [-0.4, -0.2) is 87.4 Å². The van der Waals surface area contributed by atoms with Crippen molar-refractivity contribution in [1.29, 1.82) is 0 Å². The van der Waals surface area contributed by atoms with Gasteiger partial charge in [0.15, 0.2) is 5.96 Å². The van der Waals surface area contributed by atoms with E-state index < -0.39 is 0 Å². The number of ether oxygens (including phenoxy) is 1. The van der Waals surface area contributed by atoms with Gasteiger partial charge in [-0.3, -0.25) is 9.89 Å². The number of rotatable bonds is 3. The fourth-order valence-electron chi connectivity index (χ4n) is 4.36. The van der Waals surface area contributed by atoms with E-state index in [9.17, 15) is 0 Å². The number of benzene rings is 1. The third kappa shape index (κ3) is 3.96. The van der Waals surface area contributed by atoms with E-state index in [0.717, 1.165) is 51.8 Å². The van der Waals surface area contributed by atoms with Crippen molar-refractivity contribution in [3.05, 3.63) is 30.3 Å². The molecule has 6 nitrogen and oxygen atoms in total. The van der Waals surface area contributed by atoms with Crippen molar-refractivity contribution in [3.8, 4) is 0 Å². The van der Waals surface area contributed by atoms with Gasteiger partial charge in [0.05, 0.1) is 12.7 Å². The molecular formula is C20H31N5O. The summed E-state index contributed by atoms with van der Waals surface area (Å²) in [7, 11) is 1.88. The van der Waals surface area contributed by atoms with Crippen molar-refractivity contribution in [1.82, 2.24) is 15.1 Å². The number of para-hydroxylation sites is 1. The third-order valence-corrected chi connectivity index (χ3v) is 5.86. The Balaban J connectivity index is 1.25. The van der Waals surface area contributed by atoms with Crippen LogP contribution in [0.1, 0.15) is 12.8 Å². The van der Waals surface area contributed by atoms with Crippen LogP contribution in [0.25, 0.3) is 0 Å². The molecule has 3 fully saturated rings. The summed E-state index contributed by atoms with van der Waals surface area (Å²) in [6, 6.07) is 11.3. The number of nitrogens with zero attached hydrogens (tertiary/aromatic N) is 4. The van der Waals surface area contributed by atoms with E-state index in [1.165, 1.54) is 25.1 Å². The molecule has 0 saturated carbocycles. The molecule has 1 aromatic carbocycles. The molecule has 1 N–H and O–H groups in total. The Morgan fingerprint density at radius 1 is 1.15 bits per heavy atom. The lowest BCUT2D eigenvalue weighted by atomic mass is 10.2. The molecule has 0 amide bonds. The molecular weight excluding hydrogens is 326 g/mol. The highest BCUT2D eigenvalue weighted by Crippen LogP contribution is 2.22. The van der Waals surface area contributed by atoms with Crippen LogP contribution >= 0.6 is 0 Å². The topological polar surface area (TPSA) is 43.3 Å². The van der Waals surface area contributed by atoms with Crippen molar-refractivity contribution >= 4 is 11.6 Å². The summed E-state index contributed by atoms with van der Waals surface area (Å²) in [4.78, 5) is 11.9. The first-order chi connectivity index (χ1) is 12.8. The molecule has 3 heterocycles. The molecule has 142 valence electrons. The van der Waals surface area contributed by atoms with Gasteiger partial charge in [0, 0.05) is 58.0 Å². The number of aliphatic imine (C=N–C) groups is 1. The van der Waals surface area contributed by atoms with Gasteiger partial charge in [0.1, 0.15) is 0 Å². The minimum atomic E-state index is 0.270. The fourth-order valence-corrected chi connectivity index (χ4v) is 4.36. The molecule has 0 radical (unpaired) electrons. The number of guanidine groups is 1. The molecule has 6 heteroatoms. The SMILES string of the molecule is CN=C(NCC1CN2CCCC2CO1)N1CCN(c2ccccc2)CC1.